The van der Waals surface area contributed by atoms with Gasteiger partial charge in [0.1, 0.15) is 0 Å². The first-order valence-electron chi connectivity index (χ1n) is 12.5. The molecule has 2 nitrogen and oxygen atoms in total. The predicted octanol–water partition coefficient (Wildman–Crippen LogP) is 10.3. The molecule has 0 fully saturated rings. The fourth-order valence-electron chi connectivity index (χ4n) is 5.04. The van der Waals surface area contributed by atoms with E-state index in [9.17, 15) is 0 Å². The summed E-state index contributed by atoms with van der Waals surface area (Å²) >= 11 is 0.569. The van der Waals surface area contributed by atoms with Crippen LogP contribution in [-0.2, 0) is 12.7 Å². The van der Waals surface area contributed by atoms with Crippen molar-refractivity contribution >= 4 is 54.0 Å². The molecule has 5 rings (SSSR count). The Balaban J connectivity index is 0.00000102. The summed E-state index contributed by atoms with van der Waals surface area (Å²) < 4.78 is 0. The van der Waals surface area contributed by atoms with E-state index in [1.54, 1.807) is 0 Å². The third kappa shape index (κ3) is 5.55. The van der Waals surface area contributed by atoms with E-state index in [4.69, 9.17) is 30.4 Å². The van der Waals surface area contributed by atoms with Crippen molar-refractivity contribution in [2.24, 2.45) is 9.98 Å². The molecule has 0 heterocycles. The van der Waals surface area contributed by atoms with Crippen molar-refractivity contribution in [3.8, 4) is 0 Å². The van der Waals surface area contributed by atoms with Gasteiger partial charge in [0, 0.05) is 16.5 Å². The van der Waals surface area contributed by atoms with Crippen molar-refractivity contribution in [2.45, 2.75) is 53.4 Å². The van der Waals surface area contributed by atoms with Crippen LogP contribution in [0.4, 0.5) is 11.4 Å². The van der Waals surface area contributed by atoms with Crippen LogP contribution < -0.4 is 0 Å². The van der Waals surface area contributed by atoms with E-state index in [1.165, 1.54) is 44.2 Å². The average molecular weight is 574 g/mol. The van der Waals surface area contributed by atoms with Gasteiger partial charge in [-0.25, -0.2) is 9.98 Å². The molecule has 194 valence electrons. The van der Waals surface area contributed by atoms with Crippen LogP contribution in [0.25, 0.3) is 10.8 Å². The van der Waals surface area contributed by atoms with Gasteiger partial charge in [-0.2, -0.15) is 0 Å². The summed E-state index contributed by atoms with van der Waals surface area (Å²) in [7, 11) is 9.40. The Hall–Kier alpha value is -2.45. The van der Waals surface area contributed by atoms with Crippen LogP contribution in [0.3, 0.4) is 0 Å². The van der Waals surface area contributed by atoms with Crippen molar-refractivity contribution in [3.05, 3.63) is 106 Å². The zero-order chi connectivity index (χ0) is 26.7. The summed E-state index contributed by atoms with van der Waals surface area (Å²) in [5.74, 6) is 0.784. The number of para-hydroxylation sites is 2. The van der Waals surface area contributed by atoms with E-state index in [-0.39, 0.29) is 0 Å². The molecule has 0 spiro atoms. The van der Waals surface area contributed by atoms with Gasteiger partial charge in [0.2, 0.25) is 0 Å². The molecule has 4 aromatic carbocycles. The third-order valence-corrected chi connectivity index (χ3v) is 6.87. The molecular weight excluding hydrogens is 542 g/mol. The molecule has 4 aromatic rings. The first-order valence-corrected chi connectivity index (χ1v) is 15.2. The zero-order valence-corrected chi connectivity index (χ0v) is 24.5. The average Bonchev–Trinajstić information content (AvgIpc) is 3.16. The standard InChI is InChI=1S/C32H32N2.2ClH.Ni/c1-19(2)24-15-7-11-21(5)29(24)33-31-26-17-9-13-23-14-10-18-27(28(23)26)32(31)34-30-22(6)12-8-16-25(30)20(3)4;;;/h7-20H,1-6H3;2*1H;/q;;;+2/p-2. The first-order chi connectivity index (χ1) is 17.8. The van der Waals surface area contributed by atoms with Crippen molar-refractivity contribution in [1.29, 1.82) is 0 Å². The van der Waals surface area contributed by atoms with Crippen LogP contribution in [0.15, 0.2) is 82.8 Å². The van der Waals surface area contributed by atoms with Crippen LogP contribution in [0.1, 0.15) is 72.9 Å². The molecule has 0 unspecified atom stereocenters. The second-order valence-corrected chi connectivity index (χ2v) is 11.6. The topological polar surface area (TPSA) is 24.7 Å². The Morgan fingerprint density at radius 3 is 1.35 bits per heavy atom. The van der Waals surface area contributed by atoms with Crippen LogP contribution in [0.2, 0.25) is 0 Å². The van der Waals surface area contributed by atoms with Crippen LogP contribution in [0, 0.1) is 13.8 Å². The van der Waals surface area contributed by atoms with E-state index in [2.05, 4.69) is 114 Å². The van der Waals surface area contributed by atoms with E-state index in [1.807, 2.05) is 0 Å². The fraction of sp³-hybridized carbons (Fsp3) is 0.250. The number of aryl methyl sites for hydroxylation is 2. The summed E-state index contributed by atoms with van der Waals surface area (Å²) in [6, 6.07) is 26.0. The van der Waals surface area contributed by atoms with Crippen molar-refractivity contribution in [1.82, 2.24) is 0 Å². The quantitative estimate of drug-likeness (QED) is 0.217. The number of benzene rings is 4. The third-order valence-electron chi connectivity index (χ3n) is 6.87. The number of aliphatic imine (C=N–C) groups is 2. The molecule has 0 saturated heterocycles. The van der Waals surface area contributed by atoms with Gasteiger partial charge in [0.05, 0.1) is 22.8 Å². The second-order valence-electron chi connectivity index (χ2n) is 10.0. The molecule has 0 aromatic heterocycles. The monoisotopic (exact) mass is 572 g/mol. The van der Waals surface area contributed by atoms with Gasteiger partial charge in [-0.05, 0) is 53.3 Å². The molecular formula is C32H32Cl2N2Ni. The van der Waals surface area contributed by atoms with Crippen LogP contribution in [-0.4, -0.2) is 11.4 Å². The van der Waals surface area contributed by atoms with Crippen molar-refractivity contribution < 1.29 is 12.7 Å². The SMILES string of the molecule is Cc1cccc(C(C)C)c1N=C1C(=Nc2c(C)cccc2C(C)C)c2cccc3cccc1c23.[Cl][Ni][Cl]. The maximum absolute atomic E-state index is 5.39. The Morgan fingerprint density at radius 1 is 0.595 bits per heavy atom. The summed E-state index contributed by atoms with van der Waals surface area (Å²) in [6.45, 7) is 13.3. The van der Waals surface area contributed by atoms with Gasteiger partial charge >= 0.3 is 33.0 Å². The molecule has 0 amide bonds. The molecule has 1 aliphatic rings. The number of hydrogen-bond acceptors (Lipinski definition) is 2. The van der Waals surface area contributed by atoms with Crippen LogP contribution in [0.5, 0.6) is 0 Å². The van der Waals surface area contributed by atoms with Gasteiger partial charge < -0.3 is 0 Å². The summed E-state index contributed by atoms with van der Waals surface area (Å²) in [4.78, 5) is 10.8. The number of rotatable bonds is 4. The zero-order valence-electron chi connectivity index (χ0n) is 22.0. The maximum atomic E-state index is 5.39. The molecule has 1 aliphatic carbocycles. The van der Waals surface area contributed by atoms with Gasteiger partial charge in [0.15, 0.2) is 0 Å². The Bertz CT molecular complexity index is 1390. The van der Waals surface area contributed by atoms with E-state index in [0.29, 0.717) is 24.5 Å². The van der Waals surface area contributed by atoms with Crippen molar-refractivity contribution in [2.75, 3.05) is 0 Å². The molecule has 0 bridgehead atoms. The molecule has 0 aliphatic heterocycles. The molecule has 0 saturated carbocycles. The molecule has 0 atom stereocenters. The normalized spacial score (nSPS) is 14.8. The molecule has 5 heteroatoms. The minimum absolute atomic E-state index is 0.392. The summed E-state index contributed by atoms with van der Waals surface area (Å²) in [5, 5.41) is 2.48. The Morgan fingerprint density at radius 2 is 0.973 bits per heavy atom. The molecule has 0 N–H and O–H groups in total. The van der Waals surface area contributed by atoms with Gasteiger partial charge in [-0.3, -0.25) is 0 Å². The van der Waals surface area contributed by atoms with Crippen LogP contribution >= 0.6 is 20.4 Å². The Kier molecular flexibility index (Phi) is 8.91. The summed E-state index contributed by atoms with van der Waals surface area (Å²) in [5.41, 5.74) is 11.4. The second kappa shape index (κ2) is 11.9. The van der Waals surface area contributed by atoms with E-state index < -0.39 is 0 Å². The van der Waals surface area contributed by atoms with Crippen molar-refractivity contribution in [3.63, 3.8) is 0 Å². The molecule has 37 heavy (non-hydrogen) atoms. The predicted molar refractivity (Wildman–Crippen MR) is 159 cm³/mol. The first kappa shape index (κ1) is 27.6. The van der Waals surface area contributed by atoms with Gasteiger partial charge in [-0.1, -0.05) is 100 Å². The fourth-order valence-corrected chi connectivity index (χ4v) is 5.04. The van der Waals surface area contributed by atoms with Gasteiger partial charge in [-0.15, -0.1) is 0 Å². The molecule has 0 radical (unpaired) electrons. The number of hydrogen-bond donors (Lipinski definition) is 0. The summed E-state index contributed by atoms with van der Waals surface area (Å²) in [6.07, 6.45) is 0. The van der Waals surface area contributed by atoms with Gasteiger partial charge in [0.25, 0.3) is 0 Å². The minimum atomic E-state index is 0.392. The number of halogens is 2. The van der Waals surface area contributed by atoms with E-state index >= 15 is 0 Å². The Labute approximate surface area is 235 Å². The number of nitrogens with zero attached hydrogens (tertiary/aromatic N) is 2. The van der Waals surface area contributed by atoms with E-state index in [0.717, 1.165) is 22.8 Å².